The standard InChI is InChI=1S/C13H21ClN2/c1-4-12(5-2)16(9-7-14)13-6-8-15-11(3)10-13/h6,8,10,12H,4-5,7,9H2,1-3H3. The molecule has 1 heterocycles. The molecule has 90 valence electrons. The average Bonchev–Trinajstić information content (AvgIpc) is 2.29. The molecule has 0 radical (unpaired) electrons. The maximum atomic E-state index is 5.89. The van der Waals surface area contributed by atoms with Crippen LogP contribution in [0.5, 0.6) is 0 Å². The first kappa shape index (κ1) is 13.3. The van der Waals surface area contributed by atoms with Crippen LogP contribution in [-0.4, -0.2) is 23.5 Å². The first-order valence-corrected chi connectivity index (χ1v) is 6.51. The van der Waals surface area contributed by atoms with Crippen molar-refractivity contribution in [3.05, 3.63) is 24.0 Å². The van der Waals surface area contributed by atoms with Gasteiger partial charge < -0.3 is 4.90 Å². The van der Waals surface area contributed by atoms with E-state index in [0.717, 1.165) is 25.1 Å². The number of aryl methyl sites for hydroxylation is 1. The fourth-order valence-electron chi connectivity index (χ4n) is 2.05. The summed E-state index contributed by atoms with van der Waals surface area (Å²) in [4.78, 5) is 6.62. The number of anilines is 1. The molecule has 0 aliphatic heterocycles. The summed E-state index contributed by atoms with van der Waals surface area (Å²) < 4.78 is 0. The minimum Gasteiger partial charge on any atom is -0.367 e. The number of aromatic nitrogens is 1. The van der Waals surface area contributed by atoms with E-state index in [9.17, 15) is 0 Å². The van der Waals surface area contributed by atoms with Gasteiger partial charge in [-0.05, 0) is 31.9 Å². The van der Waals surface area contributed by atoms with Gasteiger partial charge >= 0.3 is 0 Å². The molecule has 1 rings (SSSR count). The Labute approximate surface area is 104 Å². The fourth-order valence-corrected chi connectivity index (χ4v) is 2.23. The van der Waals surface area contributed by atoms with E-state index in [1.54, 1.807) is 0 Å². The van der Waals surface area contributed by atoms with Gasteiger partial charge in [-0.2, -0.15) is 0 Å². The highest BCUT2D eigenvalue weighted by Crippen LogP contribution is 2.20. The average molecular weight is 241 g/mol. The Morgan fingerprint density at radius 3 is 2.56 bits per heavy atom. The van der Waals surface area contributed by atoms with Gasteiger partial charge in [-0.15, -0.1) is 11.6 Å². The summed E-state index contributed by atoms with van der Waals surface area (Å²) in [5, 5.41) is 0. The van der Waals surface area contributed by atoms with E-state index >= 15 is 0 Å². The van der Waals surface area contributed by atoms with Crippen molar-refractivity contribution in [1.82, 2.24) is 4.98 Å². The number of hydrogen-bond donors (Lipinski definition) is 0. The molecule has 0 spiro atoms. The van der Waals surface area contributed by atoms with Crippen LogP contribution in [-0.2, 0) is 0 Å². The van der Waals surface area contributed by atoms with Crippen LogP contribution in [0.3, 0.4) is 0 Å². The van der Waals surface area contributed by atoms with Gasteiger partial charge in [-0.1, -0.05) is 13.8 Å². The second-order valence-electron chi connectivity index (χ2n) is 4.01. The van der Waals surface area contributed by atoms with E-state index in [4.69, 9.17) is 11.6 Å². The second-order valence-corrected chi connectivity index (χ2v) is 4.39. The molecule has 1 aromatic rings. The molecule has 0 unspecified atom stereocenters. The van der Waals surface area contributed by atoms with Crippen molar-refractivity contribution in [2.24, 2.45) is 0 Å². The monoisotopic (exact) mass is 240 g/mol. The van der Waals surface area contributed by atoms with Gasteiger partial charge in [0.1, 0.15) is 0 Å². The third-order valence-corrected chi connectivity index (χ3v) is 3.09. The van der Waals surface area contributed by atoms with Crippen LogP contribution in [0.2, 0.25) is 0 Å². The summed E-state index contributed by atoms with van der Waals surface area (Å²) in [6.07, 6.45) is 4.16. The molecule has 0 aliphatic rings. The fraction of sp³-hybridized carbons (Fsp3) is 0.615. The van der Waals surface area contributed by atoms with Crippen molar-refractivity contribution in [3.8, 4) is 0 Å². The molecule has 1 aromatic heterocycles. The Morgan fingerprint density at radius 2 is 2.06 bits per heavy atom. The molecule has 0 saturated heterocycles. The smallest absolute Gasteiger partial charge is 0.0402 e. The third kappa shape index (κ3) is 3.38. The topological polar surface area (TPSA) is 16.1 Å². The lowest BCUT2D eigenvalue weighted by Crippen LogP contribution is -2.36. The Hall–Kier alpha value is -0.760. The van der Waals surface area contributed by atoms with Crippen LogP contribution >= 0.6 is 11.6 Å². The molecule has 2 nitrogen and oxygen atoms in total. The minimum absolute atomic E-state index is 0.570. The molecular formula is C13H21ClN2. The number of nitrogens with zero attached hydrogens (tertiary/aromatic N) is 2. The van der Waals surface area contributed by atoms with Crippen molar-refractivity contribution >= 4 is 17.3 Å². The van der Waals surface area contributed by atoms with Gasteiger partial charge in [0.2, 0.25) is 0 Å². The van der Waals surface area contributed by atoms with Crippen molar-refractivity contribution in [3.63, 3.8) is 0 Å². The minimum atomic E-state index is 0.570. The van der Waals surface area contributed by atoms with Crippen LogP contribution in [0.15, 0.2) is 18.3 Å². The van der Waals surface area contributed by atoms with Crippen molar-refractivity contribution in [2.45, 2.75) is 39.7 Å². The normalized spacial score (nSPS) is 10.8. The summed E-state index contributed by atoms with van der Waals surface area (Å²) in [7, 11) is 0. The van der Waals surface area contributed by atoms with Crippen LogP contribution in [0.1, 0.15) is 32.4 Å². The summed E-state index contributed by atoms with van der Waals surface area (Å²) in [5.41, 5.74) is 2.30. The van der Waals surface area contributed by atoms with Gasteiger partial charge in [-0.3, -0.25) is 4.98 Å². The largest absolute Gasteiger partial charge is 0.367 e. The number of halogens is 1. The quantitative estimate of drug-likeness (QED) is 0.706. The van der Waals surface area contributed by atoms with Gasteiger partial charge in [0, 0.05) is 36.0 Å². The van der Waals surface area contributed by atoms with Gasteiger partial charge in [0.25, 0.3) is 0 Å². The van der Waals surface area contributed by atoms with E-state index < -0.39 is 0 Å². The SMILES string of the molecule is CCC(CC)N(CCCl)c1ccnc(C)c1. The predicted octanol–water partition coefficient (Wildman–Crippen LogP) is 3.62. The Kier molecular flexibility index (Phi) is 5.61. The molecule has 0 aliphatic carbocycles. The zero-order valence-electron chi connectivity index (χ0n) is 10.4. The molecule has 0 aromatic carbocycles. The maximum absolute atomic E-state index is 5.89. The highest BCUT2D eigenvalue weighted by molar-refractivity contribution is 6.18. The summed E-state index contributed by atoms with van der Waals surface area (Å²) in [6, 6.07) is 4.77. The molecule has 16 heavy (non-hydrogen) atoms. The highest BCUT2D eigenvalue weighted by Gasteiger charge is 2.15. The summed E-state index contributed by atoms with van der Waals surface area (Å²) in [5.74, 6) is 0.665. The maximum Gasteiger partial charge on any atom is 0.0402 e. The van der Waals surface area contributed by atoms with Crippen LogP contribution in [0.4, 0.5) is 5.69 Å². The first-order chi connectivity index (χ1) is 7.72. The number of pyridine rings is 1. The van der Waals surface area contributed by atoms with Crippen molar-refractivity contribution < 1.29 is 0 Å². The second kappa shape index (κ2) is 6.74. The zero-order chi connectivity index (χ0) is 12.0. The zero-order valence-corrected chi connectivity index (χ0v) is 11.2. The van der Waals surface area contributed by atoms with E-state index in [2.05, 4.69) is 35.9 Å². The molecule has 0 bridgehead atoms. The number of rotatable bonds is 6. The van der Waals surface area contributed by atoms with E-state index in [1.165, 1.54) is 5.69 Å². The number of hydrogen-bond acceptors (Lipinski definition) is 2. The highest BCUT2D eigenvalue weighted by atomic mass is 35.5. The van der Waals surface area contributed by atoms with E-state index in [-0.39, 0.29) is 0 Å². The van der Waals surface area contributed by atoms with Gasteiger partial charge in [0.15, 0.2) is 0 Å². The van der Waals surface area contributed by atoms with Crippen LogP contribution in [0.25, 0.3) is 0 Å². The van der Waals surface area contributed by atoms with Crippen LogP contribution in [0, 0.1) is 6.92 Å². The lowest BCUT2D eigenvalue weighted by atomic mass is 10.1. The molecule has 0 atom stereocenters. The summed E-state index contributed by atoms with van der Waals surface area (Å²) in [6.45, 7) is 7.37. The molecular weight excluding hydrogens is 220 g/mol. The summed E-state index contributed by atoms with van der Waals surface area (Å²) >= 11 is 5.89. The Morgan fingerprint density at radius 1 is 1.38 bits per heavy atom. The molecule has 0 amide bonds. The van der Waals surface area contributed by atoms with E-state index in [0.29, 0.717) is 11.9 Å². The molecule has 0 fully saturated rings. The molecule has 3 heteroatoms. The Bertz CT molecular complexity index is 311. The van der Waals surface area contributed by atoms with E-state index in [1.807, 2.05) is 13.1 Å². The molecule has 0 saturated carbocycles. The van der Waals surface area contributed by atoms with Crippen LogP contribution < -0.4 is 4.90 Å². The third-order valence-electron chi connectivity index (χ3n) is 2.92. The van der Waals surface area contributed by atoms with Crippen molar-refractivity contribution in [1.29, 1.82) is 0 Å². The van der Waals surface area contributed by atoms with Crippen molar-refractivity contribution in [2.75, 3.05) is 17.3 Å². The Balaban J connectivity index is 2.91. The predicted molar refractivity (Wildman–Crippen MR) is 71.4 cm³/mol. The first-order valence-electron chi connectivity index (χ1n) is 5.98. The lowest BCUT2D eigenvalue weighted by Gasteiger charge is -2.32. The lowest BCUT2D eigenvalue weighted by molar-refractivity contribution is 0.567. The van der Waals surface area contributed by atoms with Gasteiger partial charge in [-0.25, -0.2) is 0 Å². The number of alkyl halides is 1. The van der Waals surface area contributed by atoms with Gasteiger partial charge in [0.05, 0.1) is 0 Å². The molecule has 0 N–H and O–H groups in total.